The molecule has 1 aliphatic carbocycles. The summed E-state index contributed by atoms with van der Waals surface area (Å²) >= 11 is 0. The standard InChI is InChI=1S/C13H18N2O4S/c14-12(16)10-3-5-11(6-4-10)20(18,19)15-9-13(17)7-1-2-8-13/h3-6,15,17H,1-2,7-9H2,(H2,14,16). The third-order valence-corrected chi connectivity index (χ3v) is 4.99. The van der Waals surface area contributed by atoms with Gasteiger partial charge in [0.1, 0.15) is 0 Å². The van der Waals surface area contributed by atoms with Crippen LogP contribution in [0.25, 0.3) is 0 Å². The molecule has 20 heavy (non-hydrogen) atoms. The molecule has 1 aromatic carbocycles. The predicted octanol–water partition coefficient (Wildman–Crippen LogP) is 0.369. The summed E-state index contributed by atoms with van der Waals surface area (Å²) in [5.41, 5.74) is 4.40. The van der Waals surface area contributed by atoms with Gasteiger partial charge in [0, 0.05) is 12.1 Å². The van der Waals surface area contributed by atoms with Gasteiger partial charge in [-0.15, -0.1) is 0 Å². The Morgan fingerprint density at radius 3 is 2.30 bits per heavy atom. The number of primary amides is 1. The summed E-state index contributed by atoms with van der Waals surface area (Å²) in [6.45, 7) is 0.00685. The summed E-state index contributed by atoms with van der Waals surface area (Å²) in [7, 11) is -3.69. The van der Waals surface area contributed by atoms with Crippen LogP contribution in [0.3, 0.4) is 0 Å². The Kier molecular flexibility index (Phi) is 4.12. The van der Waals surface area contributed by atoms with Gasteiger partial charge in [0.15, 0.2) is 0 Å². The lowest BCUT2D eigenvalue weighted by atomic mass is 10.0. The van der Waals surface area contributed by atoms with E-state index in [1.54, 1.807) is 0 Å². The van der Waals surface area contributed by atoms with E-state index >= 15 is 0 Å². The first-order chi connectivity index (χ1) is 9.32. The van der Waals surface area contributed by atoms with Gasteiger partial charge < -0.3 is 10.8 Å². The molecule has 2 rings (SSSR count). The van der Waals surface area contributed by atoms with Crippen molar-refractivity contribution in [1.82, 2.24) is 4.72 Å². The predicted molar refractivity (Wildman–Crippen MR) is 73.6 cm³/mol. The van der Waals surface area contributed by atoms with Gasteiger partial charge in [-0.2, -0.15) is 0 Å². The second kappa shape index (κ2) is 5.51. The minimum absolute atomic E-state index is 0.00685. The van der Waals surface area contributed by atoms with E-state index in [9.17, 15) is 18.3 Å². The molecular formula is C13H18N2O4S. The minimum Gasteiger partial charge on any atom is -0.389 e. The molecule has 7 heteroatoms. The van der Waals surface area contributed by atoms with Crippen LogP contribution in [-0.2, 0) is 10.0 Å². The Labute approximate surface area is 118 Å². The van der Waals surface area contributed by atoms with Gasteiger partial charge in [-0.1, -0.05) is 12.8 Å². The molecule has 0 aliphatic heterocycles. The summed E-state index contributed by atoms with van der Waals surface area (Å²) in [6, 6.07) is 5.37. The molecule has 0 unspecified atom stereocenters. The largest absolute Gasteiger partial charge is 0.389 e. The monoisotopic (exact) mass is 298 g/mol. The van der Waals surface area contributed by atoms with Gasteiger partial charge in [0.2, 0.25) is 15.9 Å². The van der Waals surface area contributed by atoms with Gasteiger partial charge in [-0.05, 0) is 37.1 Å². The topological polar surface area (TPSA) is 109 Å². The number of benzene rings is 1. The average Bonchev–Trinajstić information content (AvgIpc) is 2.84. The molecule has 0 aromatic heterocycles. The van der Waals surface area contributed by atoms with E-state index in [1.165, 1.54) is 24.3 Å². The molecule has 1 aliphatic rings. The normalized spacial score (nSPS) is 18.1. The van der Waals surface area contributed by atoms with Crippen LogP contribution in [0.1, 0.15) is 36.0 Å². The van der Waals surface area contributed by atoms with Crippen LogP contribution in [0.2, 0.25) is 0 Å². The molecule has 0 atom stereocenters. The summed E-state index contributed by atoms with van der Waals surface area (Å²) in [5.74, 6) is -0.609. The lowest BCUT2D eigenvalue weighted by Gasteiger charge is -2.22. The zero-order chi connectivity index (χ0) is 14.8. The van der Waals surface area contributed by atoms with Crippen LogP contribution < -0.4 is 10.5 Å². The van der Waals surface area contributed by atoms with Crippen LogP contribution in [0.4, 0.5) is 0 Å². The van der Waals surface area contributed by atoms with Crippen LogP contribution in [0.15, 0.2) is 29.2 Å². The summed E-state index contributed by atoms with van der Waals surface area (Å²) in [5, 5.41) is 10.1. The van der Waals surface area contributed by atoms with Crippen molar-refractivity contribution in [3.63, 3.8) is 0 Å². The summed E-state index contributed by atoms with van der Waals surface area (Å²) in [6.07, 6.45) is 3.03. The Balaban J connectivity index is 2.08. The molecule has 4 N–H and O–H groups in total. The third kappa shape index (κ3) is 3.36. The molecule has 0 radical (unpaired) electrons. The molecule has 6 nitrogen and oxygen atoms in total. The molecule has 1 amide bonds. The second-order valence-electron chi connectivity index (χ2n) is 5.14. The molecule has 1 saturated carbocycles. The maximum absolute atomic E-state index is 12.1. The highest BCUT2D eigenvalue weighted by atomic mass is 32.2. The Bertz CT molecular complexity index is 589. The number of amides is 1. The highest BCUT2D eigenvalue weighted by molar-refractivity contribution is 7.89. The quantitative estimate of drug-likeness (QED) is 0.729. The minimum atomic E-state index is -3.69. The van der Waals surface area contributed by atoms with Gasteiger partial charge in [0.25, 0.3) is 0 Å². The van der Waals surface area contributed by atoms with E-state index in [2.05, 4.69) is 4.72 Å². The number of carbonyl (C=O) groups excluding carboxylic acids is 1. The third-order valence-electron chi connectivity index (χ3n) is 3.57. The Hall–Kier alpha value is -1.44. The van der Waals surface area contributed by atoms with E-state index in [-0.39, 0.29) is 17.0 Å². The fraction of sp³-hybridized carbons (Fsp3) is 0.462. The highest BCUT2D eigenvalue weighted by Gasteiger charge is 2.32. The molecule has 0 spiro atoms. The number of aliphatic hydroxyl groups is 1. The van der Waals surface area contributed by atoms with Gasteiger partial charge in [0.05, 0.1) is 10.5 Å². The van der Waals surface area contributed by atoms with Gasteiger partial charge in [-0.25, -0.2) is 13.1 Å². The molecule has 0 heterocycles. The van der Waals surface area contributed by atoms with Crippen LogP contribution in [-0.4, -0.2) is 31.6 Å². The smallest absolute Gasteiger partial charge is 0.248 e. The fourth-order valence-electron chi connectivity index (χ4n) is 2.32. The van der Waals surface area contributed by atoms with Crippen molar-refractivity contribution < 1.29 is 18.3 Å². The number of hydrogen-bond acceptors (Lipinski definition) is 4. The van der Waals surface area contributed by atoms with Crippen molar-refractivity contribution in [2.75, 3.05) is 6.54 Å². The summed E-state index contributed by atoms with van der Waals surface area (Å²) in [4.78, 5) is 11.0. The van der Waals surface area contributed by atoms with E-state index < -0.39 is 21.5 Å². The molecular weight excluding hydrogens is 280 g/mol. The zero-order valence-electron chi connectivity index (χ0n) is 11.0. The number of rotatable bonds is 5. The number of carbonyl (C=O) groups is 1. The molecule has 1 fully saturated rings. The van der Waals surface area contributed by atoms with Crippen molar-refractivity contribution >= 4 is 15.9 Å². The van der Waals surface area contributed by atoms with Crippen molar-refractivity contribution in [1.29, 1.82) is 0 Å². The number of sulfonamides is 1. The molecule has 0 bridgehead atoms. The van der Waals surface area contributed by atoms with Crippen molar-refractivity contribution in [3.05, 3.63) is 29.8 Å². The van der Waals surface area contributed by atoms with Crippen LogP contribution in [0, 0.1) is 0 Å². The first-order valence-corrected chi connectivity index (χ1v) is 7.93. The summed E-state index contributed by atoms with van der Waals surface area (Å²) < 4.78 is 26.6. The van der Waals surface area contributed by atoms with E-state index in [0.29, 0.717) is 12.8 Å². The van der Waals surface area contributed by atoms with Gasteiger partial charge in [-0.3, -0.25) is 4.79 Å². The molecule has 110 valence electrons. The molecule has 1 aromatic rings. The zero-order valence-corrected chi connectivity index (χ0v) is 11.8. The number of hydrogen-bond donors (Lipinski definition) is 3. The second-order valence-corrected chi connectivity index (χ2v) is 6.91. The van der Waals surface area contributed by atoms with E-state index in [4.69, 9.17) is 5.73 Å². The Morgan fingerprint density at radius 2 is 1.80 bits per heavy atom. The van der Waals surface area contributed by atoms with Crippen LogP contribution >= 0.6 is 0 Å². The maximum atomic E-state index is 12.1. The first kappa shape index (κ1) is 15.0. The lowest BCUT2D eigenvalue weighted by Crippen LogP contribution is -2.40. The van der Waals surface area contributed by atoms with Crippen molar-refractivity contribution in [2.24, 2.45) is 5.73 Å². The van der Waals surface area contributed by atoms with E-state index in [1.807, 2.05) is 0 Å². The number of nitrogens with one attached hydrogen (secondary N) is 1. The van der Waals surface area contributed by atoms with Gasteiger partial charge >= 0.3 is 0 Å². The highest BCUT2D eigenvalue weighted by Crippen LogP contribution is 2.29. The van der Waals surface area contributed by atoms with Crippen LogP contribution in [0.5, 0.6) is 0 Å². The van der Waals surface area contributed by atoms with Crippen molar-refractivity contribution in [3.8, 4) is 0 Å². The lowest BCUT2D eigenvalue weighted by molar-refractivity contribution is 0.0531. The number of nitrogens with two attached hydrogens (primary N) is 1. The Morgan fingerprint density at radius 1 is 1.25 bits per heavy atom. The first-order valence-electron chi connectivity index (χ1n) is 6.44. The van der Waals surface area contributed by atoms with Crippen molar-refractivity contribution in [2.45, 2.75) is 36.2 Å². The fourth-order valence-corrected chi connectivity index (χ4v) is 3.44. The SMILES string of the molecule is NC(=O)c1ccc(S(=O)(=O)NCC2(O)CCCC2)cc1. The van der Waals surface area contributed by atoms with E-state index in [0.717, 1.165) is 12.8 Å². The average molecular weight is 298 g/mol. The molecule has 0 saturated heterocycles. The maximum Gasteiger partial charge on any atom is 0.248 e.